The smallest absolute Gasteiger partial charge is 0.354 e. The topological polar surface area (TPSA) is 53.4 Å². The summed E-state index contributed by atoms with van der Waals surface area (Å²) in [7, 11) is 1.80. The van der Waals surface area contributed by atoms with Gasteiger partial charge in [0.05, 0.1) is 12.2 Å². The molecule has 1 aromatic heterocycles. The van der Waals surface area contributed by atoms with E-state index in [0.29, 0.717) is 17.9 Å². The molecule has 2 aromatic rings. The minimum absolute atomic E-state index is 0.00476. The fourth-order valence-electron chi connectivity index (χ4n) is 1.73. The number of halogens is 1. The fraction of sp³-hybridized carbons (Fsp3) is 0.143. The van der Waals surface area contributed by atoms with Crippen LogP contribution in [0.5, 0.6) is 0 Å². The van der Waals surface area contributed by atoms with Gasteiger partial charge in [0.2, 0.25) is 0 Å². The number of benzene rings is 1. The Labute approximate surface area is 110 Å². The van der Waals surface area contributed by atoms with Gasteiger partial charge in [-0.3, -0.25) is 0 Å². The van der Waals surface area contributed by atoms with Crippen molar-refractivity contribution in [1.29, 1.82) is 0 Å². The van der Waals surface area contributed by atoms with Crippen molar-refractivity contribution in [2.75, 3.05) is 11.9 Å². The molecule has 0 saturated carbocycles. The second-order valence-corrected chi connectivity index (χ2v) is 4.16. The summed E-state index contributed by atoms with van der Waals surface area (Å²) < 4.78 is 13.1. The zero-order valence-corrected chi connectivity index (χ0v) is 10.4. The number of pyridine rings is 1. The molecule has 0 atom stereocenters. The molecular formula is C14H13FN2O2. The van der Waals surface area contributed by atoms with Crippen molar-refractivity contribution in [3.05, 3.63) is 59.7 Å². The molecule has 1 N–H and O–H groups in total. The molecule has 0 spiro atoms. The predicted molar refractivity (Wildman–Crippen MR) is 69.7 cm³/mol. The average Bonchev–Trinajstić information content (AvgIpc) is 2.39. The zero-order chi connectivity index (χ0) is 13.8. The first kappa shape index (κ1) is 13.0. The number of nitrogens with zero attached hydrogens (tertiary/aromatic N) is 2. The molecule has 0 bridgehead atoms. The SMILES string of the molecule is CN(Cc1cccc(C(=O)O)n1)c1cccc(F)c1. The van der Waals surface area contributed by atoms with Gasteiger partial charge in [-0.2, -0.15) is 0 Å². The van der Waals surface area contributed by atoms with Crippen LogP contribution in [0.3, 0.4) is 0 Å². The normalized spacial score (nSPS) is 10.2. The van der Waals surface area contributed by atoms with Crippen molar-refractivity contribution in [3.63, 3.8) is 0 Å². The van der Waals surface area contributed by atoms with Crippen LogP contribution in [0.1, 0.15) is 16.2 Å². The van der Waals surface area contributed by atoms with Crippen molar-refractivity contribution in [3.8, 4) is 0 Å². The highest BCUT2D eigenvalue weighted by Gasteiger charge is 2.08. The van der Waals surface area contributed by atoms with Crippen LogP contribution in [0, 0.1) is 5.82 Å². The third-order valence-electron chi connectivity index (χ3n) is 2.67. The minimum Gasteiger partial charge on any atom is -0.477 e. The van der Waals surface area contributed by atoms with Gasteiger partial charge in [0, 0.05) is 12.7 Å². The molecule has 0 aliphatic heterocycles. The summed E-state index contributed by atoms with van der Waals surface area (Å²) in [5.41, 5.74) is 1.33. The number of aromatic nitrogens is 1. The van der Waals surface area contributed by atoms with Gasteiger partial charge >= 0.3 is 5.97 Å². The molecule has 0 saturated heterocycles. The first-order chi connectivity index (χ1) is 9.06. The van der Waals surface area contributed by atoms with E-state index in [1.54, 1.807) is 36.2 Å². The van der Waals surface area contributed by atoms with E-state index >= 15 is 0 Å². The summed E-state index contributed by atoms with van der Waals surface area (Å²) in [6.07, 6.45) is 0. The number of carbonyl (C=O) groups is 1. The Kier molecular flexibility index (Phi) is 3.75. The van der Waals surface area contributed by atoms with Gasteiger partial charge in [0.15, 0.2) is 0 Å². The first-order valence-electron chi connectivity index (χ1n) is 5.72. The third-order valence-corrected chi connectivity index (χ3v) is 2.67. The lowest BCUT2D eigenvalue weighted by Gasteiger charge is -2.18. The van der Waals surface area contributed by atoms with E-state index in [1.165, 1.54) is 18.2 Å². The van der Waals surface area contributed by atoms with Crippen LogP contribution in [0.2, 0.25) is 0 Å². The van der Waals surface area contributed by atoms with Crippen LogP contribution in [-0.2, 0) is 6.54 Å². The molecule has 0 aliphatic carbocycles. The molecular weight excluding hydrogens is 247 g/mol. The van der Waals surface area contributed by atoms with E-state index in [2.05, 4.69) is 4.98 Å². The van der Waals surface area contributed by atoms with E-state index in [1.807, 2.05) is 0 Å². The highest BCUT2D eigenvalue weighted by molar-refractivity contribution is 5.85. The van der Waals surface area contributed by atoms with Gasteiger partial charge in [-0.05, 0) is 30.3 Å². The van der Waals surface area contributed by atoms with Gasteiger partial charge in [-0.15, -0.1) is 0 Å². The Morgan fingerprint density at radius 3 is 2.74 bits per heavy atom. The molecule has 1 aromatic carbocycles. The number of rotatable bonds is 4. The summed E-state index contributed by atoms with van der Waals surface area (Å²) in [6.45, 7) is 0.407. The third kappa shape index (κ3) is 3.28. The van der Waals surface area contributed by atoms with Crippen LogP contribution < -0.4 is 4.90 Å². The van der Waals surface area contributed by atoms with Gasteiger partial charge in [-0.25, -0.2) is 14.2 Å². The lowest BCUT2D eigenvalue weighted by atomic mass is 10.2. The average molecular weight is 260 g/mol. The van der Waals surface area contributed by atoms with Crippen molar-refractivity contribution < 1.29 is 14.3 Å². The summed E-state index contributed by atoms with van der Waals surface area (Å²) in [6, 6.07) is 11.0. The van der Waals surface area contributed by atoms with Gasteiger partial charge in [-0.1, -0.05) is 12.1 Å². The molecule has 0 fully saturated rings. The van der Waals surface area contributed by atoms with Gasteiger partial charge in [0.25, 0.3) is 0 Å². The highest BCUT2D eigenvalue weighted by Crippen LogP contribution is 2.16. The molecule has 2 rings (SSSR count). The summed E-state index contributed by atoms with van der Waals surface area (Å²) in [5.74, 6) is -1.37. The number of carboxylic acids is 1. The highest BCUT2D eigenvalue weighted by atomic mass is 19.1. The zero-order valence-electron chi connectivity index (χ0n) is 10.4. The first-order valence-corrected chi connectivity index (χ1v) is 5.72. The van der Waals surface area contributed by atoms with E-state index in [9.17, 15) is 9.18 Å². The molecule has 0 aliphatic rings. The summed E-state index contributed by atoms with van der Waals surface area (Å²) >= 11 is 0. The number of hydrogen-bond acceptors (Lipinski definition) is 3. The van der Waals surface area contributed by atoms with Gasteiger partial charge in [0.1, 0.15) is 11.5 Å². The Hall–Kier alpha value is -2.43. The van der Waals surface area contributed by atoms with E-state index in [0.717, 1.165) is 0 Å². The lowest BCUT2D eigenvalue weighted by Crippen LogP contribution is -2.18. The molecule has 1 heterocycles. The van der Waals surface area contributed by atoms with Crippen LogP contribution in [0.4, 0.5) is 10.1 Å². The second-order valence-electron chi connectivity index (χ2n) is 4.16. The van der Waals surface area contributed by atoms with Crippen LogP contribution in [-0.4, -0.2) is 23.1 Å². The van der Waals surface area contributed by atoms with Crippen molar-refractivity contribution in [1.82, 2.24) is 4.98 Å². The van der Waals surface area contributed by atoms with Crippen LogP contribution >= 0.6 is 0 Å². The van der Waals surface area contributed by atoms with Gasteiger partial charge < -0.3 is 10.0 Å². The molecule has 4 nitrogen and oxygen atoms in total. The largest absolute Gasteiger partial charge is 0.477 e. The van der Waals surface area contributed by atoms with Crippen molar-refractivity contribution in [2.24, 2.45) is 0 Å². The van der Waals surface area contributed by atoms with E-state index in [-0.39, 0.29) is 11.5 Å². The molecule has 0 amide bonds. The fourth-order valence-corrected chi connectivity index (χ4v) is 1.73. The molecule has 5 heteroatoms. The predicted octanol–water partition coefficient (Wildman–Crippen LogP) is 2.56. The standard InChI is InChI=1S/C14H13FN2O2/c1-17(12-6-2-4-10(15)8-12)9-11-5-3-7-13(16-11)14(18)19/h2-8H,9H2,1H3,(H,18,19). The minimum atomic E-state index is -1.06. The van der Waals surface area contributed by atoms with Crippen LogP contribution in [0.15, 0.2) is 42.5 Å². The Morgan fingerprint density at radius 1 is 1.32 bits per heavy atom. The maximum absolute atomic E-state index is 13.1. The van der Waals surface area contributed by atoms with Crippen LogP contribution in [0.25, 0.3) is 0 Å². The van der Waals surface area contributed by atoms with Crippen molar-refractivity contribution in [2.45, 2.75) is 6.54 Å². The summed E-state index contributed by atoms with van der Waals surface area (Å²) in [4.78, 5) is 16.7. The molecule has 0 unspecified atom stereocenters. The quantitative estimate of drug-likeness (QED) is 0.917. The van der Waals surface area contributed by atoms with E-state index in [4.69, 9.17) is 5.11 Å². The lowest BCUT2D eigenvalue weighted by molar-refractivity contribution is 0.0690. The monoisotopic (exact) mass is 260 g/mol. The number of aromatic carboxylic acids is 1. The molecule has 0 radical (unpaired) electrons. The van der Waals surface area contributed by atoms with E-state index < -0.39 is 5.97 Å². The maximum atomic E-state index is 13.1. The second kappa shape index (κ2) is 5.48. The maximum Gasteiger partial charge on any atom is 0.354 e. The number of carboxylic acid groups (broad SMARTS) is 1. The Balaban J connectivity index is 2.17. The number of hydrogen-bond donors (Lipinski definition) is 1. The summed E-state index contributed by atoms with van der Waals surface area (Å²) in [5, 5.41) is 8.87. The Morgan fingerprint density at radius 2 is 2.05 bits per heavy atom. The Bertz CT molecular complexity index is 602. The molecule has 19 heavy (non-hydrogen) atoms. The number of anilines is 1. The molecule has 98 valence electrons. The van der Waals surface area contributed by atoms with Crippen molar-refractivity contribution >= 4 is 11.7 Å².